The van der Waals surface area contributed by atoms with Crippen LogP contribution in [0.15, 0.2) is 30.3 Å². The summed E-state index contributed by atoms with van der Waals surface area (Å²) >= 11 is 5.87. The molecule has 2 N–H and O–H groups in total. The molecule has 5 nitrogen and oxygen atoms in total. The minimum atomic E-state index is -1.18. The zero-order chi connectivity index (χ0) is 19.2. The topological polar surface area (TPSA) is 69.6 Å². The molecule has 2 unspecified atom stereocenters. The fourth-order valence-corrected chi connectivity index (χ4v) is 4.07. The quantitative estimate of drug-likeness (QED) is 0.759. The van der Waals surface area contributed by atoms with Crippen molar-refractivity contribution in [3.05, 3.63) is 40.9 Å². The lowest BCUT2D eigenvalue weighted by atomic mass is 9.95. The zero-order valence-corrected chi connectivity index (χ0v) is 16.2. The second-order valence-electron chi connectivity index (χ2n) is 7.41. The summed E-state index contributed by atoms with van der Waals surface area (Å²) in [6.45, 7) is 0.558. The maximum atomic E-state index is 12.6. The Hall–Kier alpha value is -1.85. The minimum Gasteiger partial charge on any atom is -0.381 e. The van der Waals surface area contributed by atoms with E-state index in [4.69, 9.17) is 11.6 Å². The Bertz CT molecular complexity index is 683. The summed E-state index contributed by atoms with van der Waals surface area (Å²) in [5.41, 5.74) is 0.874. The summed E-state index contributed by atoms with van der Waals surface area (Å²) in [7, 11) is 0. The molecule has 0 radical (unpaired) electrons. The van der Waals surface area contributed by atoms with Crippen LogP contribution in [0.25, 0.3) is 6.08 Å². The number of carbonyl (C=O) groups is 2. The second kappa shape index (κ2) is 9.38. The lowest BCUT2D eigenvalue weighted by molar-refractivity contribution is -0.137. The molecular formula is C21H27ClN2O3. The molecule has 2 fully saturated rings. The molecule has 1 saturated carbocycles. The SMILES string of the molecule is O=C(NC1CCCCC1)C(O)C1CCCN1C(=O)C=Cc1ccc(Cl)cc1. The van der Waals surface area contributed by atoms with Crippen LogP contribution in [0.4, 0.5) is 0 Å². The Labute approximate surface area is 165 Å². The highest BCUT2D eigenvalue weighted by atomic mass is 35.5. The summed E-state index contributed by atoms with van der Waals surface area (Å²) in [5.74, 6) is -0.537. The summed E-state index contributed by atoms with van der Waals surface area (Å²) in [5, 5.41) is 14.1. The number of amides is 2. The monoisotopic (exact) mass is 390 g/mol. The molecule has 1 heterocycles. The number of hydrogen-bond donors (Lipinski definition) is 2. The predicted molar refractivity (Wildman–Crippen MR) is 106 cm³/mol. The van der Waals surface area contributed by atoms with Gasteiger partial charge in [0.1, 0.15) is 0 Å². The molecule has 0 aromatic heterocycles. The lowest BCUT2D eigenvalue weighted by Crippen LogP contribution is -2.51. The van der Waals surface area contributed by atoms with E-state index >= 15 is 0 Å². The molecule has 1 aliphatic carbocycles. The normalized spacial score (nSPS) is 22.1. The van der Waals surface area contributed by atoms with Crippen LogP contribution in [0.1, 0.15) is 50.5 Å². The van der Waals surface area contributed by atoms with Crippen molar-refractivity contribution in [1.82, 2.24) is 10.2 Å². The van der Waals surface area contributed by atoms with Crippen LogP contribution in [-0.2, 0) is 9.59 Å². The number of halogens is 1. The lowest BCUT2D eigenvalue weighted by Gasteiger charge is -2.29. The number of benzene rings is 1. The zero-order valence-electron chi connectivity index (χ0n) is 15.4. The number of nitrogens with zero attached hydrogens (tertiary/aromatic N) is 1. The molecule has 3 rings (SSSR count). The number of aliphatic hydroxyl groups is 1. The highest BCUT2D eigenvalue weighted by molar-refractivity contribution is 6.30. The van der Waals surface area contributed by atoms with Gasteiger partial charge in [-0.15, -0.1) is 0 Å². The van der Waals surface area contributed by atoms with E-state index < -0.39 is 12.1 Å². The Morgan fingerprint density at radius 2 is 1.81 bits per heavy atom. The maximum absolute atomic E-state index is 12.6. The first-order valence-corrected chi connectivity index (χ1v) is 10.1. The largest absolute Gasteiger partial charge is 0.381 e. The summed E-state index contributed by atoms with van der Waals surface area (Å²) in [4.78, 5) is 26.6. The molecule has 0 bridgehead atoms. The molecule has 2 aliphatic rings. The van der Waals surface area contributed by atoms with Gasteiger partial charge in [-0.3, -0.25) is 9.59 Å². The van der Waals surface area contributed by atoms with Crippen LogP contribution in [0.3, 0.4) is 0 Å². The molecule has 1 saturated heterocycles. The standard InChI is InChI=1S/C21H27ClN2O3/c22-16-11-8-15(9-12-16)10-13-19(25)24-14-4-7-18(24)20(26)21(27)23-17-5-2-1-3-6-17/h8-13,17-18,20,26H,1-7,14H2,(H,23,27). The molecule has 1 aliphatic heterocycles. The molecule has 27 heavy (non-hydrogen) atoms. The molecule has 1 aromatic carbocycles. The van der Waals surface area contributed by atoms with Crippen LogP contribution in [0, 0.1) is 0 Å². The summed E-state index contributed by atoms with van der Waals surface area (Å²) in [6.07, 6.45) is 8.84. The van der Waals surface area contributed by atoms with Gasteiger partial charge in [0, 0.05) is 23.7 Å². The van der Waals surface area contributed by atoms with Gasteiger partial charge < -0.3 is 15.3 Å². The van der Waals surface area contributed by atoms with Crippen LogP contribution in [0.5, 0.6) is 0 Å². The van der Waals surface area contributed by atoms with Crippen molar-refractivity contribution in [2.75, 3.05) is 6.54 Å². The van der Waals surface area contributed by atoms with Crippen molar-refractivity contribution in [1.29, 1.82) is 0 Å². The van der Waals surface area contributed by atoms with Crippen molar-refractivity contribution in [3.63, 3.8) is 0 Å². The van der Waals surface area contributed by atoms with Gasteiger partial charge >= 0.3 is 0 Å². The second-order valence-corrected chi connectivity index (χ2v) is 7.85. The molecule has 6 heteroatoms. The molecule has 146 valence electrons. The third-order valence-electron chi connectivity index (χ3n) is 5.46. The van der Waals surface area contributed by atoms with Crippen molar-refractivity contribution < 1.29 is 14.7 Å². The van der Waals surface area contributed by atoms with Gasteiger partial charge in [-0.05, 0) is 49.5 Å². The molecule has 0 spiro atoms. The van der Waals surface area contributed by atoms with Crippen molar-refractivity contribution in [3.8, 4) is 0 Å². The maximum Gasteiger partial charge on any atom is 0.251 e. The van der Waals surface area contributed by atoms with E-state index in [-0.39, 0.29) is 17.9 Å². The fraction of sp³-hybridized carbons (Fsp3) is 0.524. The molecular weight excluding hydrogens is 364 g/mol. The van der Waals surface area contributed by atoms with E-state index in [0.717, 1.165) is 37.7 Å². The fourth-order valence-electron chi connectivity index (χ4n) is 3.94. The van der Waals surface area contributed by atoms with E-state index in [9.17, 15) is 14.7 Å². The number of rotatable bonds is 5. The average molecular weight is 391 g/mol. The summed E-state index contributed by atoms with van der Waals surface area (Å²) in [6, 6.07) is 6.89. The van der Waals surface area contributed by atoms with Gasteiger partial charge in [0.15, 0.2) is 6.10 Å². The van der Waals surface area contributed by atoms with E-state index in [1.807, 2.05) is 12.1 Å². The smallest absolute Gasteiger partial charge is 0.251 e. The number of likely N-dealkylation sites (tertiary alicyclic amines) is 1. The van der Waals surface area contributed by atoms with Crippen LogP contribution in [0.2, 0.25) is 5.02 Å². The first-order chi connectivity index (χ1) is 13.0. The van der Waals surface area contributed by atoms with E-state index in [2.05, 4.69) is 5.32 Å². The first kappa shape index (κ1) is 19.9. The Balaban J connectivity index is 1.58. The molecule has 1 aromatic rings. The highest BCUT2D eigenvalue weighted by Crippen LogP contribution is 2.23. The van der Waals surface area contributed by atoms with Crippen molar-refractivity contribution in [2.24, 2.45) is 0 Å². The number of carbonyl (C=O) groups excluding carboxylic acids is 2. The third-order valence-corrected chi connectivity index (χ3v) is 5.71. The first-order valence-electron chi connectivity index (χ1n) is 9.77. The van der Waals surface area contributed by atoms with Crippen LogP contribution < -0.4 is 5.32 Å². The van der Waals surface area contributed by atoms with Gasteiger partial charge in [-0.2, -0.15) is 0 Å². The Morgan fingerprint density at radius 3 is 2.52 bits per heavy atom. The van der Waals surface area contributed by atoms with Crippen LogP contribution in [-0.4, -0.2) is 46.6 Å². The van der Waals surface area contributed by atoms with Crippen molar-refractivity contribution in [2.45, 2.75) is 63.1 Å². The predicted octanol–water partition coefficient (Wildman–Crippen LogP) is 3.15. The highest BCUT2D eigenvalue weighted by Gasteiger charge is 2.37. The van der Waals surface area contributed by atoms with Crippen LogP contribution >= 0.6 is 11.6 Å². The number of hydrogen-bond acceptors (Lipinski definition) is 3. The molecule has 2 amide bonds. The Morgan fingerprint density at radius 1 is 1.11 bits per heavy atom. The van der Waals surface area contributed by atoms with Gasteiger partial charge in [-0.1, -0.05) is 43.0 Å². The van der Waals surface area contributed by atoms with Gasteiger partial charge in [0.2, 0.25) is 5.91 Å². The Kier molecular flexibility index (Phi) is 6.91. The van der Waals surface area contributed by atoms with E-state index in [1.54, 1.807) is 23.1 Å². The summed E-state index contributed by atoms with van der Waals surface area (Å²) < 4.78 is 0. The minimum absolute atomic E-state index is 0.149. The number of aliphatic hydroxyl groups excluding tert-OH is 1. The van der Waals surface area contributed by atoms with Gasteiger partial charge in [0.05, 0.1) is 6.04 Å². The average Bonchev–Trinajstić information content (AvgIpc) is 3.17. The van der Waals surface area contributed by atoms with Gasteiger partial charge in [0.25, 0.3) is 5.91 Å². The van der Waals surface area contributed by atoms with Crippen molar-refractivity contribution >= 4 is 29.5 Å². The third kappa shape index (κ3) is 5.33. The molecule has 2 atom stereocenters. The van der Waals surface area contributed by atoms with E-state index in [0.29, 0.717) is 18.0 Å². The van der Waals surface area contributed by atoms with Gasteiger partial charge in [-0.25, -0.2) is 0 Å². The van der Waals surface area contributed by atoms with E-state index in [1.165, 1.54) is 12.5 Å². The number of nitrogens with one attached hydrogen (secondary N) is 1.